The maximum absolute atomic E-state index is 13.9. The molecule has 1 spiro atoms. The molecule has 0 bridgehead atoms. The normalized spacial score (nSPS) is 22.7. The van der Waals surface area contributed by atoms with Gasteiger partial charge in [-0.15, -0.1) is 0 Å². The first kappa shape index (κ1) is 27.9. The van der Waals surface area contributed by atoms with Crippen LogP contribution in [-0.2, 0) is 11.3 Å². The second-order valence-corrected chi connectivity index (χ2v) is 11.8. The molecule has 5 rings (SSSR count). The van der Waals surface area contributed by atoms with Gasteiger partial charge in [0.25, 0.3) is 0 Å². The summed E-state index contributed by atoms with van der Waals surface area (Å²) >= 11 is 5.79. The van der Waals surface area contributed by atoms with Gasteiger partial charge in [0.2, 0.25) is 5.91 Å². The lowest BCUT2D eigenvalue weighted by Crippen LogP contribution is -2.63. The largest absolute Gasteiger partial charge is 0.497 e. The van der Waals surface area contributed by atoms with E-state index in [1.807, 2.05) is 24.3 Å². The number of thiocarbonyl (C=S) groups is 1. The van der Waals surface area contributed by atoms with Crippen LogP contribution >= 0.6 is 12.2 Å². The summed E-state index contributed by atoms with van der Waals surface area (Å²) in [4.78, 5) is 21.0. The van der Waals surface area contributed by atoms with Gasteiger partial charge in [-0.25, -0.2) is 0 Å². The van der Waals surface area contributed by atoms with Crippen LogP contribution in [0.25, 0.3) is 0 Å². The first-order chi connectivity index (χ1) is 18.9. The lowest BCUT2D eigenvalue weighted by atomic mass is 9.92. The van der Waals surface area contributed by atoms with Crippen LogP contribution in [0.3, 0.4) is 0 Å². The number of hydrogen-bond acceptors (Lipinski definition) is 5. The molecule has 2 aromatic carbocycles. The zero-order valence-corrected chi connectivity index (χ0v) is 24.4. The number of hydrogen-bond donors (Lipinski definition) is 2. The summed E-state index contributed by atoms with van der Waals surface area (Å²) in [5.74, 6) is 1.44. The van der Waals surface area contributed by atoms with Gasteiger partial charge in [-0.2, -0.15) is 0 Å². The number of benzene rings is 2. The van der Waals surface area contributed by atoms with Crippen molar-refractivity contribution in [1.29, 1.82) is 0 Å². The summed E-state index contributed by atoms with van der Waals surface area (Å²) in [6, 6.07) is 18.7. The van der Waals surface area contributed by atoms with Crippen LogP contribution in [0.5, 0.6) is 5.75 Å². The van der Waals surface area contributed by atoms with E-state index >= 15 is 0 Å². The van der Waals surface area contributed by atoms with E-state index in [2.05, 4.69) is 69.5 Å². The van der Waals surface area contributed by atoms with E-state index in [9.17, 15) is 4.79 Å². The van der Waals surface area contributed by atoms with Crippen LogP contribution in [0.15, 0.2) is 54.6 Å². The van der Waals surface area contributed by atoms with Gasteiger partial charge in [0, 0.05) is 57.3 Å². The highest BCUT2D eigenvalue weighted by atomic mass is 32.1. The van der Waals surface area contributed by atoms with Crippen molar-refractivity contribution in [2.24, 2.45) is 5.92 Å². The summed E-state index contributed by atoms with van der Waals surface area (Å²) in [7, 11) is 1.67. The van der Waals surface area contributed by atoms with E-state index in [1.165, 1.54) is 5.56 Å². The SMILES string of the molecule is CC[C@H](C)[C@@H]1NC2(CCN(C(=S)Nc3ccc(OC)cc3)CC2)N(C2CCN(Cc3ccccc3)CC2)C1=O. The Morgan fingerprint density at radius 1 is 1.08 bits per heavy atom. The van der Waals surface area contributed by atoms with Gasteiger partial charge in [0.1, 0.15) is 5.75 Å². The van der Waals surface area contributed by atoms with Crippen molar-refractivity contribution >= 4 is 28.9 Å². The number of amides is 1. The van der Waals surface area contributed by atoms with Crippen molar-refractivity contribution in [3.63, 3.8) is 0 Å². The minimum absolute atomic E-state index is 0.103. The van der Waals surface area contributed by atoms with E-state index < -0.39 is 0 Å². The number of ether oxygens (including phenoxy) is 1. The molecule has 39 heavy (non-hydrogen) atoms. The minimum atomic E-state index is -0.288. The Bertz CT molecular complexity index is 1110. The molecule has 7 nitrogen and oxygen atoms in total. The van der Waals surface area contributed by atoms with E-state index in [4.69, 9.17) is 17.0 Å². The number of methoxy groups -OCH3 is 1. The molecular weight excluding hydrogens is 506 g/mol. The molecular formula is C31H43N5O2S. The molecule has 3 aliphatic rings. The van der Waals surface area contributed by atoms with Crippen molar-refractivity contribution in [3.8, 4) is 5.75 Å². The Hall–Kier alpha value is -2.68. The van der Waals surface area contributed by atoms with Crippen LogP contribution in [0, 0.1) is 5.92 Å². The molecule has 0 unspecified atom stereocenters. The molecule has 8 heteroatoms. The third-order valence-electron chi connectivity index (χ3n) is 8.99. The van der Waals surface area contributed by atoms with Crippen LogP contribution in [-0.4, -0.2) is 76.8 Å². The molecule has 210 valence electrons. The summed E-state index contributed by atoms with van der Waals surface area (Å²) in [6.07, 6.45) is 4.79. The molecule has 1 amide bonds. The molecule has 2 atom stereocenters. The fraction of sp³-hybridized carbons (Fsp3) is 0.548. The third-order valence-corrected chi connectivity index (χ3v) is 9.35. The standard InChI is InChI=1S/C31H43N5O2S/c1-4-23(2)28-29(37)36(26-14-18-34(19-15-26)22-24-8-6-5-7-9-24)31(33-28)16-20-35(21-17-31)30(39)32-25-10-12-27(38-3)13-11-25/h5-13,23,26,28,33H,4,14-22H2,1-3H3,(H,32,39)/t23-,28-/m0/s1. The topological polar surface area (TPSA) is 60.1 Å². The average Bonchev–Trinajstić information content (AvgIpc) is 3.25. The maximum atomic E-state index is 13.9. The Balaban J connectivity index is 1.24. The monoisotopic (exact) mass is 549 g/mol. The van der Waals surface area contributed by atoms with Gasteiger partial charge >= 0.3 is 0 Å². The highest BCUT2D eigenvalue weighted by Crippen LogP contribution is 2.39. The summed E-state index contributed by atoms with van der Waals surface area (Å²) in [5, 5.41) is 8.00. The van der Waals surface area contributed by atoms with Crippen molar-refractivity contribution < 1.29 is 9.53 Å². The summed E-state index contributed by atoms with van der Waals surface area (Å²) < 4.78 is 5.27. The van der Waals surface area contributed by atoms with Crippen LogP contribution in [0.2, 0.25) is 0 Å². The molecule has 3 saturated heterocycles. The highest BCUT2D eigenvalue weighted by molar-refractivity contribution is 7.80. The van der Waals surface area contributed by atoms with Crippen molar-refractivity contribution in [3.05, 3.63) is 60.2 Å². The van der Waals surface area contributed by atoms with Gasteiger partial charge in [0.05, 0.1) is 18.8 Å². The Morgan fingerprint density at radius 2 is 1.74 bits per heavy atom. The molecule has 3 heterocycles. The number of nitrogens with zero attached hydrogens (tertiary/aromatic N) is 3. The van der Waals surface area contributed by atoms with E-state index in [0.717, 1.165) is 81.4 Å². The number of likely N-dealkylation sites (tertiary alicyclic amines) is 2. The molecule has 0 saturated carbocycles. The Labute approximate surface area is 238 Å². The number of carbonyl (C=O) groups is 1. The molecule has 3 aliphatic heterocycles. The highest BCUT2D eigenvalue weighted by Gasteiger charge is 2.55. The van der Waals surface area contributed by atoms with Gasteiger partial charge in [-0.1, -0.05) is 50.6 Å². The van der Waals surface area contributed by atoms with Crippen LogP contribution in [0.4, 0.5) is 5.69 Å². The number of piperidine rings is 2. The first-order valence-corrected chi connectivity index (χ1v) is 14.9. The van der Waals surface area contributed by atoms with Gasteiger partial charge in [-0.3, -0.25) is 15.0 Å². The maximum Gasteiger partial charge on any atom is 0.241 e. The van der Waals surface area contributed by atoms with E-state index in [0.29, 0.717) is 11.8 Å². The number of rotatable bonds is 7. The predicted octanol–water partition coefficient (Wildman–Crippen LogP) is 4.70. The van der Waals surface area contributed by atoms with Crippen LogP contribution < -0.4 is 15.4 Å². The second kappa shape index (κ2) is 12.2. The number of carbonyl (C=O) groups excluding carboxylic acids is 1. The number of anilines is 1. The van der Waals surface area contributed by atoms with Crippen molar-refractivity contribution in [2.45, 2.75) is 70.2 Å². The molecule has 2 N–H and O–H groups in total. The zero-order valence-electron chi connectivity index (χ0n) is 23.6. The molecule has 2 aromatic rings. The molecule has 3 fully saturated rings. The van der Waals surface area contributed by atoms with Crippen molar-refractivity contribution in [2.75, 3.05) is 38.6 Å². The molecule has 0 radical (unpaired) electrons. The molecule has 0 aliphatic carbocycles. The summed E-state index contributed by atoms with van der Waals surface area (Å²) in [6.45, 7) is 9.05. The predicted molar refractivity (Wildman–Crippen MR) is 161 cm³/mol. The van der Waals surface area contributed by atoms with Crippen molar-refractivity contribution in [1.82, 2.24) is 20.0 Å². The number of nitrogens with one attached hydrogen (secondary N) is 2. The van der Waals surface area contributed by atoms with Gasteiger partial charge in [0.15, 0.2) is 5.11 Å². The van der Waals surface area contributed by atoms with Gasteiger partial charge < -0.3 is 19.9 Å². The smallest absolute Gasteiger partial charge is 0.241 e. The fourth-order valence-corrected chi connectivity index (χ4v) is 6.75. The van der Waals surface area contributed by atoms with E-state index in [1.54, 1.807) is 7.11 Å². The third kappa shape index (κ3) is 6.08. The second-order valence-electron chi connectivity index (χ2n) is 11.4. The summed E-state index contributed by atoms with van der Waals surface area (Å²) in [5.41, 5.74) is 2.02. The zero-order chi connectivity index (χ0) is 27.4. The Kier molecular flexibility index (Phi) is 8.74. The Morgan fingerprint density at radius 3 is 2.36 bits per heavy atom. The lowest BCUT2D eigenvalue weighted by Gasteiger charge is -2.49. The van der Waals surface area contributed by atoms with E-state index in [-0.39, 0.29) is 17.7 Å². The van der Waals surface area contributed by atoms with Crippen LogP contribution in [0.1, 0.15) is 51.5 Å². The quantitative estimate of drug-likeness (QED) is 0.486. The fourth-order valence-electron chi connectivity index (χ4n) is 6.45. The molecule has 0 aromatic heterocycles. The average molecular weight is 550 g/mol. The lowest BCUT2D eigenvalue weighted by molar-refractivity contribution is -0.138. The van der Waals surface area contributed by atoms with Gasteiger partial charge in [-0.05, 0) is 60.8 Å². The first-order valence-electron chi connectivity index (χ1n) is 14.5. The minimum Gasteiger partial charge on any atom is -0.497 e.